The van der Waals surface area contributed by atoms with E-state index in [9.17, 15) is 27.1 Å². The van der Waals surface area contributed by atoms with Gasteiger partial charge in [-0.2, -0.15) is 9.97 Å². The van der Waals surface area contributed by atoms with Gasteiger partial charge in [-0.25, -0.2) is 13.2 Å². The van der Waals surface area contributed by atoms with Gasteiger partial charge in [-0.3, -0.25) is 9.88 Å². The number of hydrogen-bond donors (Lipinski definition) is 1. The second kappa shape index (κ2) is 9.89. The fourth-order valence-electron chi connectivity index (χ4n) is 6.13. The number of nitrogens with zero attached hydrogens (tertiary/aromatic N) is 4. The lowest BCUT2D eigenvalue weighted by Gasteiger charge is -2.30. The zero-order valence-electron chi connectivity index (χ0n) is 21.7. The number of ether oxygens (including phenoxy) is 2. The van der Waals surface area contributed by atoms with Crippen LogP contribution in [0, 0.1) is 11.6 Å². The lowest BCUT2D eigenvalue weighted by Crippen LogP contribution is -2.43. The van der Waals surface area contributed by atoms with E-state index in [0.29, 0.717) is 18.4 Å². The molecular formula is C28H24F6N4O3. The van der Waals surface area contributed by atoms with Crippen LogP contribution < -0.4 is 9.47 Å². The fourth-order valence-corrected chi connectivity index (χ4v) is 6.13. The van der Waals surface area contributed by atoms with Gasteiger partial charge in [0.15, 0.2) is 5.82 Å². The number of aromatic nitrogens is 3. The number of aryl methyl sites for hydroxylation is 1. The highest BCUT2D eigenvalue weighted by molar-refractivity contribution is 6.01. The minimum absolute atomic E-state index is 0.0237. The Labute approximate surface area is 229 Å². The Hall–Kier alpha value is -3.87. The summed E-state index contributed by atoms with van der Waals surface area (Å²) in [6.07, 6.45) is -3.47. The van der Waals surface area contributed by atoms with Gasteiger partial charge in [0.25, 0.3) is 0 Å². The fraction of sp³-hybridized carbons (Fsp3) is 0.393. The van der Waals surface area contributed by atoms with Crippen molar-refractivity contribution in [3.05, 3.63) is 47.7 Å². The third-order valence-electron chi connectivity index (χ3n) is 7.83. The second-order valence-electron chi connectivity index (χ2n) is 10.4. The molecule has 0 aliphatic carbocycles. The molecule has 0 unspecified atom stereocenters. The summed E-state index contributed by atoms with van der Waals surface area (Å²) in [7, 11) is 0. The van der Waals surface area contributed by atoms with Crippen molar-refractivity contribution in [2.24, 2.45) is 0 Å². The highest BCUT2D eigenvalue weighted by Crippen LogP contribution is 2.42. The average Bonchev–Trinajstić information content (AvgIpc) is 3.42. The van der Waals surface area contributed by atoms with Gasteiger partial charge >= 0.3 is 12.4 Å². The van der Waals surface area contributed by atoms with E-state index in [1.54, 1.807) is 6.92 Å². The molecular weight excluding hydrogens is 554 g/mol. The van der Waals surface area contributed by atoms with Crippen molar-refractivity contribution in [1.29, 1.82) is 0 Å². The maximum absolute atomic E-state index is 16.2. The number of pyridine rings is 1. The Kier molecular flexibility index (Phi) is 6.59. The van der Waals surface area contributed by atoms with Crippen molar-refractivity contribution in [1.82, 2.24) is 19.9 Å². The van der Waals surface area contributed by atoms with Crippen LogP contribution in [0.1, 0.15) is 31.7 Å². The van der Waals surface area contributed by atoms with Gasteiger partial charge in [0.1, 0.15) is 35.6 Å². The van der Waals surface area contributed by atoms with E-state index in [1.165, 1.54) is 24.3 Å². The number of alkyl halides is 4. The maximum atomic E-state index is 16.2. The highest BCUT2D eigenvalue weighted by Gasteiger charge is 2.49. The van der Waals surface area contributed by atoms with E-state index in [2.05, 4.69) is 19.7 Å². The maximum Gasteiger partial charge on any atom is 0.574 e. The molecule has 1 N–H and O–H groups in total. The van der Waals surface area contributed by atoms with Crippen molar-refractivity contribution >= 4 is 21.7 Å². The minimum Gasteiger partial charge on any atom is -0.508 e. The van der Waals surface area contributed by atoms with E-state index in [4.69, 9.17) is 4.74 Å². The van der Waals surface area contributed by atoms with Crippen molar-refractivity contribution in [3.63, 3.8) is 0 Å². The van der Waals surface area contributed by atoms with Crippen LogP contribution in [0.4, 0.5) is 26.3 Å². The van der Waals surface area contributed by atoms with Crippen molar-refractivity contribution in [2.45, 2.75) is 50.7 Å². The predicted molar refractivity (Wildman–Crippen MR) is 136 cm³/mol. The molecule has 13 heteroatoms. The Balaban J connectivity index is 1.50. The summed E-state index contributed by atoms with van der Waals surface area (Å²) >= 11 is 0. The summed E-state index contributed by atoms with van der Waals surface area (Å²) in [5, 5.41) is 10.5. The molecule has 6 rings (SSSR count). The third kappa shape index (κ3) is 4.85. The van der Waals surface area contributed by atoms with Crippen LogP contribution in [0.3, 0.4) is 0 Å². The molecule has 2 aliphatic rings. The first kappa shape index (κ1) is 27.3. The molecule has 0 spiro atoms. The first-order valence-corrected chi connectivity index (χ1v) is 13.1. The Morgan fingerprint density at radius 2 is 1.98 bits per heavy atom. The second-order valence-corrected chi connectivity index (χ2v) is 10.4. The van der Waals surface area contributed by atoms with Crippen LogP contribution >= 0.6 is 0 Å². The number of phenolic OH excluding ortho intramolecular Hbond substituents is 1. The van der Waals surface area contributed by atoms with Crippen LogP contribution in [0.5, 0.6) is 17.6 Å². The average molecular weight is 579 g/mol. The number of benzene rings is 2. The van der Waals surface area contributed by atoms with E-state index >= 15 is 4.39 Å². The number of aromatic hydroxyl groups is 1. The zero-order valence-corrected chi connectivity index (χ0v) is 21.7. The Bertz CT molecular complexity index is 1670. The molecule has 4 aromatic rings. The Morgan fingerprint density at radius 1 is 1.17 bits per heavy atom. The van der Waals surface area contributed by atoms with Gasteiger partial charge in [0, 0.05) is 24.7 Å². The molecule has 41 heavy (non-hydrogen) atoms. The third-order valence-corrected chi connectivity index (χ3v) is 7.83. The van der Waals surface area contributed by atoms with Gasteiger partial charge in [0.05, 0.1) is 10.9 Å². The largest absolute Gasteiger partial charge is 0.574 e. The number of fused-ring (bicyclic) bond motifs is 3. The number of phenols is 1. The summed E-state index contributed by atoms with van der Waals surface area (Å²) in [4.78, 5) is 13.8. The molecule has 2 aromatic carbocycles. The standard InChI is InChI=1S/C28H24F6N4O3/c1-2-17-20(30)5-4-14-8-16(39)9-18(21(14)17)23-22(31)24-19(11-35-23)25(41-28(32,33)34)37-26(36-24)40-13-27-6-3-7-38(27)12-15(29)10-27/h4-5,8-9,11,15,39H,2-3,6-7,10,12-13H2,1H3/t15-,27+/m1/s1. The van der Waals surface area contributed by atoms with Gasteiger partial charge in [-0.15, -0.1) is 13.2 Å². The summed E-state index contributed by atoms with van der Waals surface area (Å²) in [6, 6.07) is 4.65. The Morgan fingerprint density at radius 3 is 2.73 bits per heavy atom. The summed E-state index contributed by atoms with van der Waals surface area (Å²) in [5.74, 6) is -2.97. The highest BCUT2D eigenvalue weighted by atomic mass is 19.4. The molecule has 2 fully saturated rings. The van der Waals surface area contributed by atoms with Crippen LogP contribution in [0.15, 0.2) is 30.5 Å². The summed E-state index contributed by atoms with van der Waals surface area (Å²) < 4.78 is 94.7. The smallest absolute Gasteiger partial charge is 0.508 e. The molecule has 216 valence electrons. The number of hydrogen-bond acceptors (Lipinski definition) is 7. The van der Waals surface area contributed by atoms with Crippen molar-refractivity contribution < 1.29 is 40.9 Å². The molecule has 7 nitrogen and oxygen atoms in total. The predicted octanol–water partition coefficient (Wildman–Crippen LogP) is 6.25. The normalized spacial score (nSPS) is 21.1. The summed E-state index contributed by atoms with van der Waals surface area (Å²) in [6.45, 7) is 2.48. The van der Waals surface area contributed by atoms with E-state index < -0.39 is 52.5 Å². The molecule has 0 radical (unpaired) electrons. The molecule has 4 heterocycles. The lowest BCUT2D eigenvalue weighted by molar-refractivity contribution is -0.275. The topological polar surface area (TPSA) is 80.6 Å². The molecule has 2 saturated heterocycles. The lowest BCUT2D eigenvalue weighted by atomic mass is 9.94. The van der Waals surface area contributed by atoms with Gasteiger partial charge in [-0.1, -0.05) is 13.0 Å². The van der Waals surface area contributed by atoms with E-state index in [1.807, 2.05) is 4.90 Å². The first-order chi connectivity index (χ1) is 19.5. The number of rotatable bonds is 6. The monoisotopic (exact) mass is 578 g/mol. The van der Waals surface area contributed by atoms with Crippen LogP contribution in [-0.2, 0) is 6.42 Å². The number of halogens is 6. The SMILES string of the molecule is CCc1c(F)ccc2cc(O)cc(-c3ncc4c(OC(F)(F)F)nc(OC[C@@]56CCCN5C[C@H](F)C6)nc4c3F)c12. The molecule has 2 atom stereocenters. The quantitative estimate of drug-likeness (QED) is 0.271. The molecule has 2 aliphatic heterocycles. The van der Waals surface area contributed by atoms with Crippen LogP contribution in [-0.4, -0.2) is 62.7 Å². The zero-order chi connectivity index (χ0) is 29.1. The first-order valence-electron chi connectivity index (χ1n) is 13.1. The minimum atomic E-state index is -5.17. The summed E-state index contributed by atoms with van der Waals surface area (Å²) in [5.41, 5.74) is -1.35. The van der Waals surface area contributed by atoms with Crippen LogP contribution in [0.25, 0.3) is 32.9 Å². The van der Waals surface area contributed by atoms with Gasteiger partial charge < -0.3 is 14.6 Å². The van der Waals surface area contributed by atoms with E-state index in [-0.39, 0.29) is 53.9 Å². The van der Waals surface area contributed by atoms with Crippen molar-refractivity contribution in [2.75, 3.05) is 19.7 Å². The molecule has 2 aromatic heterocycles. The van der Waals surface area contributed by atoms with E-state index in [0.717, 1.165) is 12.6 Å². The molecule has 0 saturated carbocycles. The van der Waals surface area contributed by atoms with Crippen LogP contribution in [0.2, 0.25) is 0 Å². The van der Waals surface area contributed by atoms with Gasteiger partial charge in [0.2, 0.25) is 5.88 Å². The molecule has 0 amide bonds. The van der Waals surface area contributed by atoms with Crippen molar-refractivity contribution in [3.8, 4) is 28.9 Å². The van der Waals surface area contributed by atoms with Gasteiger partial charge in [-0.05, 0) is 60.3 Å². The molecule has 0 bridgehead atoms.